The predicted octanol–water partition coefficient (Wildman–Crippen LogP) is 1.12. The second-order valence-electron chi connectivity index (χ2n) is 5.38. The largest absolute Gasteiger partial charge is 0.478 e. The van der Waals surface area contributed by atoms with Gasteiger partial charge in [-0.1, -0.05) is 6.92 Å². The molecular formula is C13H18N2O4S. The molecule has 0 bridgehead atoms. The standard InChI is InChI=1S/C13H18N2O4S/c1-8-5-9(8)7-15(2)12-4-3-10(20(14,18)19)6-11(12)13(16)17/h3-4,6,8-9H,5,7H2,1-2H3,(H,16,17)(H2,14,18,19). The zero-order valence-corrected chi connectivity index (χ0v) is 12.2. The highest BCUT2D eigenvalue weighted by Gasteiger charge is 2.33. The van der Waals surface area contributed by atoms with Crippen molar-refractivity contribution in [2.75, 3.05) is 18.5 Å². The van der Waals surface area contributed by atoms with Crippen molar-refractivity contribution in [1.82, 2.24) is 0 Å². The molecule has 3 N–H and O–H groups in total. The number of benzene rings is 1. The fraction of sp³-hybridized carbons (Fsp3) is 0.462. The number of rotatable bonds is 5. The van der Waals surface area contributed by atoms with Crippen molar-refractivity contribution in [3.8, 4) is 0 Å². The quantitative estimate of drug-likeness (QED) is 0.848. The first kappa shape index (κ1) is 14.8. The van der Waals surface area contributed by atoms with Gasteiger partial charge in [0, 0.05) is 13.6 Å². The highest BCUT2D eigenvalue weighted by molar-refractivity contribution is 7.89. The number of carboxylic acid groups (broad SMARTS) is 1. The Morgan fingerprint density at radius 1 is 1.50 bits per heavy atom. The second-order valence-corrected chi connectivity index (χ2v) is 6.94. The third kappa shape index (κ3) is 3.10. The lowest BCUT2D eigenvalue weighted by atomic mass is 10.1. The lowest BCUT2D eigenvalue weighted by Crippen LogP contribution is -2.23. The number of sulfonamides is 1. The van der Waals surface area contributed by atoms with E-state index in [1.54, 1.807) is 0 Å². The Bertz CT molecular complexity index is 642. The van der Waals surface area contributed by atoms with E-state index in [9.17, 15) is 18.3 Å². The maximum Gasteiger partial charge on any atom is 0.337 e. The van der Waals surface area contributed by atoms with Crippen LogP contribution in [0.1, 0.15) is 23.7 Å². The van der Waals surface area contributed by atoms with Crippen molar-refractivity contribution in [3.05, 3.63) is 23.8 Å². The Hall–Kier alpha value is -1.60. The zero-order chi connectivity index (χ0) is 15.1. The summed E-state index contributed by atoms with van der Waals surface area (Å²) < 4.78 is 22.6. The van der Waals surface area contributed by atoms with E-state index in [1.807, 2.05) is 11.9 Å². The Morgan fingerprint density at radius 3 is 2.55 bits per heavy atom. The first-order valence-corrected chi connectivity index (χ1v) is 7.86. The number of hydrogen-bond acceptors (Lipinski definition) is 4. The van der Waals surface area contributed by atoms with E-state index in [2.05, 4.69) is 6.92 Å². The lowest BCUT2D eigenvalue weighted by Gasteiger charge is -2.21. The summed E-state index contributed by atoms with van der Waals surface area (Å²) >= 11 is 0. The van der Waals surface area contributed by atoms with Crippen LogP contribution in [0.5, 0.6) is 0 Å². The molecule has 1 aliphatic rings. The SMILES string of the molecule is CC1CC1CN(C)c1ccc(S(N)(=O)=O)cc1C(=O)O. The molecule has 0 amide bonds. The Morgan fingerprint density at radius 2 is 2.10 bits per heavy atom. The van der Waals surface area contributed by atoms with E-state index in [-0.39, 0.29) is 10.5 Å². The number of primary sulfonamides is 1. The number of nitrogens with two attached hydrogens (primary N) is 1. The van der Waals surface area contributed by atoms with E-state index in [0.29, 0.717) is 17.5 Å². The maximum absolute atomic E-state index is 11.3. The number of nitrogens with zero attached hydrogens (tertiary/aromatic N) is 1. The third-order valence-corrected chi connectivity index (χ3v) is 4.63. The lowest BCUT2D eigenvalue weighted by molar-refractivity contribution is 0.0697. The molecule has 0 aliphatic heterocycles. The number of anilines is 1. The summed E-state index contributed by atoms with van der Waals surface area (Å²) in [5.74, 6) is 0.0650. The van der Waals surface area contributed by atoms with Gasteiger partial charge in [-0.15, -0.1) is 0 Å². The van der Waals surface area contributed by atoms with Crippen molar-refractivity contribution in [3.63, 3.8) is 0 Å². The third-order valence-electron chi connectivity index (χ3n) is 3.72. The molecule has 6 nitrogen and oxygen atoms in total. The van der Waals surface area contributed by atoms with Crippen LogP contribution < -0.4 is 10.0 Å². The summed E-state index contributed by atoms with van der Waals surface area (Å²) in [4.78, 5) is 13.0. The predicted molar refractivity (Wildman–Crippen MR) is 75.3 cm³/mol. The van der Waals surface area contributed by atoms with Gasteiger partial charge in [-0.3, -0.25) is 0 Å². The number of hydrogen-bond donors (Lipinski definition) is 2. The summed E-state index contributed by atoms with van der Waals surface area (Å²) in [5, 5.41) is 14.3. The van der Waals surface area contributed by atoms with E-state index in [1.165, 1.54) is 12.1 Å². The summed E-state index contributed by atoms with van der Waals surface area (Å²) in [6, 6.07) is 3.94. The summed E-state index contributed by atoms with van der Waals surface area (Å²) in [7, 11) is -2.09. The molecule has 0 aromatic heterocycles. The average Bonchev–Trinajstić information content (AvgIpc) is 3.02. The molecule has 0 heterocycles. The van der Waals surface area contributed by atoms with Gasteiger partial charge in [0.25, 0.3) is 0 Å². The molecule has 1 saturated carbocycles. The summed E-state index contributed by atoms with van der Waals surface area (Å²) in [5.41, 5.74) is 0.455. The summed E-state index contributed by atoms with van der Waals surface area (Å²) in [6.45, 7) is 2.91. The van der Waals surface area contributed by atoms with Crippen LogP contribution >= 0.6 is 0 Å². The molecule has 2 unspecified atom stereocenters. The van der Waals surface area contributed by atoms with Crippen LogP contribution in [-0.2, 0) is 10.0 Å². The van der Waals surface area contributed by atoms with Gasteiger partial charge in [-0.25, -0.2) is 18.4 Å². The first-order valence-electron chi connectivity index (χ1n) is 6.31. The highest BCUT2D eigenvalue weighted by atomic mass is 32.2. The molecule has 2 rings (SSSR count). The second kappa shape index (κ2) is 5.06. The van der Waals surface area contributed by atoms with E-state index in [0.717, 1.165) is 19.0 Å². The van der Waals surface area contributed by atoms with Crippen LogP contribution in [-0.4, -0.2) is 33.1 Å². The maximum atomic E-state index is 11.3. The Kier molecular flexibility index (Phi) is 3.75. The molecule has 0 spiro atoms. The molecule has 1 aromatic rings. The molecule has 1 aliphatic carbocycles. The van der Waals surface area contributed by atoms with Crippen LogP contribution in [0.4, 0.5) is 5.69 Å². The van der Waals surface area contributed by atoms with Crippen molar-refractivity contribution in [2.45, 2.75) is 18.2 Å². The molecular weight excluding hydrogens is 280 g/mol. The molecule has 1 aromatic carbocycles. The zero-order valence-electron chi connectivity index (χ0n) is 11.4. The molecule has 110 valence electrons. The van der Waals surface area contributed by atoms with Crippen molar-refractivity contribution >= 4 is 21.7 Å². The average molecular weight is 298 g/mol. The fourth-order valence-electron chi connectivity index (χ4n) is 2.30. The van der Waals surface area contributed by atoms with E-state index >= 15 is 0 Å². The van der Waals surface area contributed by atoms with Crippen molar-refractivity contribution in [2.24, 2.45) is 17.0 Å². The van der Waals surface area contributed by atoms with E-state index < -0.39 is 16.0 Å². The van der Waals surface area contributed by atoms with Crippen molar-refractivity contribution in [1.29, 1.82) is 0 Å². The molecule has 7 heteroatoms. The van der Waals surface area contributed by atoms with Crippen molar-refractivity contribution < 1.29 is 18.3 Å². The summed E-state index contributed by atoms with van der Waals surface area (Å²) in [6.07, 6.45) is 1.14. The number of carboxylic acids is 1. The Balaban J connectivity index is 2.35. The van der Waals surface area contributed by atoms with Gasteiger partial charge in [-0.2, -0.15) is 0 Å². The monoisotopic (exact) mass is 298 g/mol. The molecule has 1 fully saturated rings. The van der Waals surface area contributed by atoms with Gasteiger partial charge in [0.15, 0.2) is 0 Å². The van der Waals surface area contributed by atoms with Crippen LogP contribution in [0.15, 0.2) is 23.1 Å². The topological polar surface area (TPSA) is 101 Å². The molecule has 0 radical (unpaired) electrons. The van der Waals surface area contributed by atoms with Crippen LogP contribution in [0.25, 0.3) is 0 Å². The van der Waals surface area contributed by atoms with Gasteiger partial charge in [0.05, 0.1) is 16.1 Å². The van der Waals surface area contributed by atoms with Gasteiger partial charge < -0.3 is 10.0 Å². The number of carbonyl (C=O) groups is 1. The fourth-order valence-corrected chi connectivity index (χ4v) is 2.84. The first-order chi connectivity index (χ1) is 9.20. The molecule has 20 heavy (non-hydrogen) atoms. The Labute approximate surface area is 118 Å². The number of aromatic carboxylic acids is 1. The van der Waals surface area contributed by atoms with E-state index in [4.69, 9.17) is 5.14 Å². The normalized spacial score (nSPS) is 21.6. The van der Waals surface area contributed by atoms with Gasteiger partial charge in [-0.05, 0) is 36.5 Å². The van der Waals surface area contributed by atoms with Crippen LogP contribution in [0, 0.1) is 11.8 Å². The highest BCUT2D eigenvalue weighted by Crippen LogP contribution is 2.39. The minimum Gasteiger partial charge on any atom is -0.478 e. The molecule has 0 saturated heterocycles. The smallest absolute Gasteiger partial charge is 0.337 e. The van der Waals surface area contributed by atoms with Gasteiger partial charge in [0.2, 0.25) is 10.0 Å². The van der Waals surface area contributed by atoms with Gasteiger partial charge in [0.1, 0.15) is 0 Å². The van der Waals surface area contributed by atoms with Crippen LogP contribution in [0.3, 0.4) is 0 Å². The molecule has 2 atom stereocenters. The van der Waals surface area contributed by atoms with Gasteiger partial charge >= 0.3 is 5.97 Å². The minimum absolute atomic E-state index is 0.0488. The minimum atomic E-state index is -3.90. The van der Waals surface area contributed by atoms with Crippen LogP contribution in [0.2, 0.25) is 0 Å².